The lowest BCUT2D eigenvalue weighted by Crippen LogP contribution is -2.30. The molecule has 1 aliphatic rings. The van der Waals surface area contributed by atoms with Crippen LogP contribution in [-0.2, 0) is 0 Å². The van der Waals surface area contributed by atoms with Crippen LogP contribution < -0.4 is 5.32 Å². The molecule has 0 aromatic carbocycles. The number of aromatic carboxylic acids is 1. The lowest BCUT2D eigenvalue weighted by molar-refractivity contribution is 0.0690. The quantitative estimate of drug-likeness (QED) is 0.742. The molecule has 0 bridgehead atoms. The van der Waals surface area contributed by atoms with E-state index in [1.54, 1.807) is 0 Å². The first kappa shape index (κ1) is 12.8. The Morgan fingerprint density at radius 1 is 1.33 bits per heavy atom. The van der Waals surface area contributed by atoms with Crippen molar-refractivity contribution in [3.63, 3.8) is 0 Å². The van der Waals surface area contributed by atoms with E-state index in [1.165, 1.54) is 12.4 Å². The molecule has 2 rings (SSSR count). The number of aromatic nitrogens is 2. The van der Waals surface area contributed by atoms with Crippen molar-refractivity contribution in [3.8, 4) is 0 Å². The van der Waals surface area contributed by atoms with Gasteiger partial charge in [-0.25, -0.2) is 14.8 Å². The smallest absolute Gasteiger partial charge is 0.356 e. The molecule has 0 amide bonds. The topological polar surface area (TPSA) is 95.3 Å². The highest BCUT2D eigenvalue weighted by Crippen LogP contribution is 2.24. The fraction of sp³-hybridized carbons (Fsp3) is 0.583. The molecular formula is C12H17N3O3. The van der Waals surface area contributed by atoms with E-state index in [0.29, 0.717) is 12.4 Å². The monoisotopic (exact) mass is 251 g/mol. The average Bonchev–Trinajstić information content (AvgIpc) is 2.38. The van der Waals surface area contributed by atoms with Crippen molar-refractivity contribution in [2.24, 2.45) is 5.92 Å². The molecule has 0 spiro atoms. The number of rotatable bonds is 4. The summed E-state index contributed by atoms with van der Waals surface area (Å²) in [6, 6.07) is 0. The predicted molar refractivity (Wildman–Crippen MR) is 65.4 cm³/mol. The first-order valence-corrected chi connectivity index (χ1v) is 6.14. The van der Waals surface area contributed by atoms with Crippen molar-refractivity contribution in [1.82, 2.24) is 9.97 Å². The van der Waals surface area contributed by atoms with Gasteiger partial charge in [-0.05, 0) is 12.8 Å². The van der Waals surface area contributed by atoms with E-state index in [9.17, 15) is 9.90 Å². The number of hydrogen-bond acceptors (Lipinski definition) is 5. The van der Waals surface area contributed by atoms with Crippen molar-refractivity contribution in [1.29, 1.82) is 0 Å². The number of hydrogen-bond donors (Lipinski definition) is 3. The van der Waals surface area contributed by atoms with Crippen LogP contribution in [0.25, 0.3) is 0 Å². The summed E-state index contributed by atoms with van der Waals surface area (Å²) in [6.45, 7) is 0.641. The van der Waals surface area contributed by atoms with Gasteiger partial charge in [0.25, 0.3) is 0 Å². The summed E-state index contributed by atoms with van der Waals surface area (Å²) < 4.78 is 0. The minimum absolute atomic E-state index is 0.0711. The van der Waals surface area contributed by atoms with Crippen LogP contribution >= 0.6 is 0 Å². The van der Waals surface area contributed by atoms with Gasteiger partial charge in [-0.2, -0.15) is 0 Å². The van der Waals surface area contributed by atoms with Crippen LogP contribution in [0.15, 0.2) is 12.4 Å². The van der Waals surface area contributed by atoms with Crippen molar-refractivity contribution >= 4 is 11.8 Å². The van der Waals surface area contributed by atoms with E-state index < -0.39 is 5.97 Å². The van der Waals surface area contributed by atoms with Crippen molar-refractivity contribution in [2.45, 2.75) is 31.8 Å². The SMILES string of the molecule is O=C(O)c1cnc(NCC2CCCCC2O)cn1. The number of anilines is 1. The second-order valence-electron chi connectivity index (χ2n) is 4.58. The molecule has 2 atom stereocenters. The van der Waals surface area contributed by atoms with Crippen LogP contribution in [0.2, 0.25) is 0 Å². The Kier molecular flexibility index (Phi) is 4.09. The molecule has 0 aliphatic heterocycles. The summed E-state index contributed by atoms with van der Waals surface area (Å²) >= 11 is 0. The third kappa shape index (κ3) is 3.16. The molecule has 1 saturated carbocycles. The first-order valence-electron chi connectivity index (χ1n) is 6.14. The maximum Gasteiger partial charge on any atom is 0.356 e. The van der Waals surface area contributed by atoms with Gasteiger partial charge < -0.3 is 15.5 Å². The van der Waals surface area contributed by atoms with Gasteiger partial charge in [-0.3, -0.25) is 0 Å². The van der Waals surface area contributed by atoms with Gasteiger partial charge in [0.05, 0.1) is 18.5 Å². The molecule has 2 unspecified atom stereocenters. The predicted octanol–water partition coefficient (Wildman–Crippen LogP) is 1.14. The van der Waals surface area contributed by atoms with E-state index >= 15 is 0 Å². The van der Waals surface area contributed by atoms with E-state index in [4.69, 9.17) is 5.11 Å². The van der Waals surface area contributed by atoms with Gasteiger partial charge in [0.15, 0.2) is 5.69 Å². The molecule has 1 aliphatic carbocycles. The lowest BCUT2D eigenvalue weighted by Gasteiger charge is -2.27. The summed E-state index contributed by atoms with van der Waals surface area (Å²) in [6.07, 6.45) is 6.47. The summed E-state index contributed by atoms with van der Waals surface area (Å²) in [5.41, 5.74) is -0.0711. The Labute approximate surface area is 105 Å². The maximum absolute atomic E-state index is 10.6. The standard InChI is InChI=1S/C12H17N3O3/c16-10-4-2-1-3-8(10)5-14-11-7-13-9(6-15-11)12(17)18/h6-8,10,16H,1-5H2,(H,14,15)(H,17,18). The second-order valence-corrected chi connectivity index (χ2v) is 4.58. The minimum atomic E-state index is -1.09. The van der Waals surface area contributed by atoms with Crippen LogP contribution in [0.1, 0.15) is 36.2 Å². The fourth-order valence-electron chi connectivity index (χ4n) is 2.19. The highest BCUT2D eigenvalue weighted by atomic mass is 16.4. The zero-order chi connectivity index (χ0) is 13.0. The van der Waals surface area contributed by atoms with Crippen LogP contribution in [0.5, 0.6) is 0 Å². The molecule has 1 fully saturated rings. The van der Waals surface area contributed by atoms with Crippen LogP contribution in [0.3, 0.4) is 0 Å². The Bertz CT molecular complexity index is 408. The highest BCUT2D eigenvalue weighted by molar-refractivity contribution is 5.84. The van der Waals surface area contributed by atoms with E-state index in [1.807, 2.05) is 0 Å². The average molecular weight is 251 g/mol. The fourth-order valence-corrected chi connectivity index (χ4v) is 2.19. The second kappa shape index (κ2) is 5.77. The summed E-state index contributed by atoms with van der Waals surface area (Å²) in [5, 5.41) is 21.6. The zero-order valence-corrected chi connectivity index (χ0v) is 10.0. The number of nitrogens with zero attached hydrogens (tertiary/aromatic N) is 2. The van der Waals surface area contributed by atoms with E-state index in [0.717, 1.165) is 25.7 Å². The molecular weight excluding hydrogens is 234 g/mol. The third-order valence-electron chi connectivity index (χ3n) is 3.29. The largest absolute Gasteiger partial charge is 0.476 e. The molecule has 0 radical (unpaired) electrons. The third-order valence-corrected chi connectivity index (χ3v) is 3.29. The Hall–Kier alpha value is -1.69. The Morgan fingerprint density at radius 3 is 2.72 bits per heavy atom. The van der Waals surface area contributed by atoms with Gasteiger partial charge >= 0.3 is 5.97 Å². The lowest BCUT2D eigenvalue weighted by atomic mass is 9.86. The zero-order valence-electron chi connectivity index (χ0n) is 10.0. The van der Waals surface area contributed by atoms with Crippen LogP contribution in [0, 0.1) is 5.92 Å². The number of carboxylic acid groups (broad SMARTS) is 1. The first-order chi connectivity index (χ1) is 8.66. The molecule has 1 heterocycles. The van der Waals surface area contributed by atoms with Crippen molar-refractivity contribution < 1.29 is 15.0 Å². The normalized spacial score (nSPS) is 23.6. The van der Waals surface area contributed by atoms with Crippen LogP contribution in [0.4, 0.5) is 5.82 Å². The maximum atomic E-state index is 10.6. The highest BCUT2D eigenvalue weighted by Gasteiger charge is 2.22. The number of aliphatic hydroxyl groups is 1. The number of carboxylic acids is 1. The summed E-state index contributed by atoms with van der Waals surface area (Å²) in [7, 11) is 0. The van der Waals surface area contributed by atoms with Crippen molar-refractivity contribution in [3.05, 3.63) is 18.1 Å². The van der Waals surface area contributed by atoms with Gasteiger partial charge in [0, 0.05) is 12.5 Å². The molecule has 1 aromatic heterocycles. The molecule has 0 saturated heterocycles. The molecule has 3 N–H and O–H groups in total. The molecule has 6 nitrogen and oxygen atoms in total. The van der Waals surface area contributed by atoms with Crippen LogP contribution in [-0.4, -0.2) is 38.8 Å². The minimum Gasteiger partial charge on any atom is -0.476 e. The van der Waals surface area contributed by atoms with Gasteiger partial charge in [-0.15, -0.1) is 0 Å². The Balaban J connectivity index is 1.87. The molecule has 1 aromatic rings. The van der Waals surface area contributed by atoms with Crippen molar-refractivity contribution in [2.75, 3.05) is 11.9 Å². The number of nitrogens with one attached hydrogen (secondary N) is 1. The Morgan fingerprint density at radius 2 is 2.11 bits per heavy atom. The van der Waals surface area contributed by atoms with E-state index in [2.05, 4.69) is 15.3 Å². The molecule has 6 heteroatoms. The molecule has 98 valence electrons. The van der Waals surface area contributed by atoms with Gasteiger partial charge in [0.1, 0.15) is 5.82 Å². The van der Waals surface area contributed by atoms with Gasteiger partial charge in [-0.1, -0.05) is 12.8 Å². The van der Waals surface area contributed by atoms with Gasteiger partial charge in [0.2, 0.25) is 0 Å². The van der Waals surface area contributed by atoms with E-state index in [-0.39, 0.29) is 17.7 Å². The number of aliphatic hydroxyl groups excluding tert-OH is 1. The number of carbonyl (C=O) groups is 1. The summed E-state index contributed by atoms with van der Waals surface area (Å²) in [5.74, 6) is -0.311. The molecule has 18 heavy (non-hydrogen) atoms. The summed E-state index contributed by atoms with van der Waals surface area (Å²) in [4.78, 5) is 18.4.